The van der Waals surface area contributed by atoms with Crippen molar-refractivity contribution < 1.29 is 10.2 Å². The fraction of sp³-hybridized carbons (Fsp3) is 0.789. The van der Waals surface area contributed by atoms with E-state index >= 15 is 0 Å². The molecule has 2 aliphatic carbocycles. The van der Waals surface area contributed by atoms with E-state index in [1.807, 2.05) is 0 Å². The van der Waals surface area contributed by atoms with Crippen molar-refractivity contribution in [1.29, 1.82) is 0 Å². The molecule has 126 valence electrons. The summed E-state index contributed by atoms with van der Waals surface area (Å²) in [6.07, 6.45) is 10.4. The van der Waals surface area contributed by atoms with Gasteiger partial charge in [0.1, 0.15) is 0 Å². The van der Waals surface area contributed by atoms with Gasteiger partial charge in [-0.3, -0.25) is 0 Å². The Morgan fingerprint density at radius 3 is 2.77 bits per heavy atom. The second kappa shape index (κ2) is 7.76. The van der Waals surface area contributed by atoms with Gasteiger partial charge >= 0.3 is 0 Å². The van der Waals surface area contributed by atoms with E-state index < -0.39 is 0 Å². The molecule has 0 saturated heterocycles. The first-order valence-corrected chi connectivity index (χ1v) is 8.94. The molecule has 3 heteroatoms. The molecule has 0 heterocycles. The molecule has 4 N–H and O–H groups in total. The van der Waals surface area contributed by atoms with Gasteiger partial charge in [0.05, 0.1) is 12.2 Å². The third kappa shape index (κ3) is 4.21. The zero-order chi connectivity index (χ0) is 16.3. The van der Waals surface area contributed by atoms with Gasteiger partial charge in [-0.1, -0.05) is 39.0 Å². The molecule has 0 bridgehead atoms. The average Bonchev–Trinajstić information content (AvgIpc) is 2.46. The zero-order valence-electron chi connectivity index (χ0n) is 14.3. The molecule has 0 aromatic heterocycles. The second-order valence-corrected chi connectivity index (χ2v) is 7.49. The van der Waals surface area contributed by atoms with E-state index in [2.05, 4.69) is 39.0 Å². The lowest BCUT2D eigenvalue weighted by Crippen LogP contribution is -2.38. The van der Waals surface area contributed by atoms with E-state index in [4.69, 9.17) is 5.73 Å². The van der Waals surface area contributed by atoms with E-state index in [0.29, 0.717) is 24.2 Å². The highest BCUT2D eigenvalue weighted by Crippen LogP contribution is 2.43. The van der Waals surface area contributed by atoms with Crippen LogP contribution in [0.25, 0.3) is 0 Å². The summed E-state index contributed by atoms with van der Waals surface area (Å²) in [5.74, 6) is 1.57. The molecule has 0 aromatic rings. The molecule has 0 spiro atoms. The molecular weight excluding hydrogens is 274 g/mol. The highest BCUT2D eigenvalue weighted by Gasteiger charge is 2.38. The number of nitrogens with two attached hydrogens (primary N) is 1. The van der Waals surface area contributed by atoms with Crippen LogP contribution in [0.2, 0.25) is 0 Å². The second-order valence-electron chi connectivity index (χ2n) is 7.49. The van der Waals surface area contributed by atoms with Crippen molar-refractivity contribution in [3.63, 3.8) is 0 Å². The Kier molecular flexibility index (Phi) is 6.25. The molecule has 0 radical (unpaired) electrons. The number of allylic oxidation sites excluding steroid dienone is 3. The van der Waals surface area contributed by atoms with E-state index in [1.165, 1.54) is 5.57 Å². The fourth-order valence-corrected chi connectivity index (χ4v) is 4.15. The minimum atomic E-state index is -0.319. The van der Waals surface area contributed by atoms with Gasteiger partial charge in [0, 0.05) is 12.0 Å². The molecule has 0 saturated carbocycles. The van der Waals surface area contributed by atoms with Gasteiger partial charge in [-0.05, 0) is 55.4 Å². The van der Waals surface area contributed by atoms with E-state index in [9.17, 15) is 10.2 Å². The Morgan fingerprint density at radius 1 is 1.36 bits per heavy atom. The van der Waals surface area contributed by atoms with Crippen LogP contribution in [0.4, 0.5) is 0 Å². The molecule has 22 heavy (non-hydrogen) atoms. The maximum atomic E-state index is 10.6. The van der Waals surface area contributed by atoms with E-state index in [1.54, 1.807) is 0 Å². The normalized spacial score (nSPS) is 37.4. The maximum Gasteiger partial charge on any atom is 0.0617 e. The molecule has 0 aromatic carbocycles. The third-order valence-corrected chi connectivity index (χ3v) is 5.55. The number of hydrogen-bond acceptors (Lipinski definition) is 3. The summed E-state index contributed by atoms with van der Waals surface area (Å²) in [5.41, 5.74) is 7.23. The summed E-state index contributed by atoms with van der Waals surface area (Å²) in [7, 11) is 0. The zero-order valence-corrected chi connectivity index (χ0v) is 14.3. The van der Waals surface area contributed by atoms with E-state index in [-0.39, 0.29) is 24.2 Å². The van der Waals surface area contributed by atoms with Crippen molar-refractivity contribution in [2.75, 3.05) is 0 Å². The summed E-state index contributed by atoms with van der Waals surface area (Å²) in [6, 6.07) is 0.0928. The number of fused-ring (bicyclic) bond motifs is 1. The van der Waals surface area contributed by atoms with Crippen LogP contribution in [-0.2, 0) is 0 Å². The molecule has 1 unspecified atom stereocenters. The quantitative estimate of drug-likeness (QED) is 0.706. The largest absolute Gasteiger partial charge is 0.393 e. The van der Waals surface area contributed by atoms with Crippen LogP contribution in [0.5, 0.6) is 0 Å². The summed E-state index contributed by atoms with van der Waals surface area (Å²) < 4.78 is 0. The predicted octanol–water partition coefficient (Wildman–Crippen LogP) is 3.02. The SMILES string of the molecule is CC[C@H](N)C[C@H](O)CC[C@@H]1C2C(=C[C@H](C)C[C@@H]2O)C=C[C@@H]1C. The van der Waals surface area contributed by atoms with Crippen LogP contribution >= 0.6 is 0 Å². The Bertz CT molecular complexity index is 418. The molecule has 0 fully saturated rings. The summed E-state index contributed by atoms with van der Waals surface area (Å²) in [4.78, 5) is 0. The summed E-state index contributed by atoms with van der Waals surface area (Å²) >= 11 is 0. The molecule has 2 aliphatic rings. The monoisotopic (exact) mass is 307 g/mol. The number of aliphatic hydroxyl groups excluding tert-OH is 2. The van der Waals surface area contributed by atoms with E-state index in [0.717, 1.165) is 25.7 Å². The minimum Gasteiger partial charge on any atom is -0.393 e. The fourth-order valence-electron chi connectivity index (χ4n) is 4.15. The first kappa shape index (κ1) is 17.7. The first-order valence-electron chi connectivity index (χ1n) is 8.94. The van der Waals surface area contributed by atoms with Gasteiger partial charge in [0.25, 0.3) is 0 Å². The standard InChI is InChI=1S/C19H33NO2/c1-4-15(20)11-16(21)7-8-17-13(3)5-6-14-9-12(2)10-18(22)19(14)17/h5-6,9,12-13,15-19,21-22H,4,7-8,10-11,20H2,1-3H3/t12-,13-,15-,16+,17-,18-,19?/m0/s1. The van der Waals surface area contributed by atoms with Crippen molar-refractivity contribution in [2.24, 2.45) is 29.4 Å². The minimum absolute atomic E-state index is 0.0928. The van der Waals surface area contributed by atoms with Gasteiger partial charge in [-0.25, -0.2) is 0 Å². The Hall–Kier alpha value is -0.640. The van der Waals surface area contributed by atoms with Crippen LogP contribution in [-0.4, -0.2) is 28.5 Å². The number of hydrogen-bond donors (Lipinski definition) is 3. The third-order valence-electron chi connectivity index (χ3n) is 5.55. The maximum absolute atomic E-state index is 10.6. The molecule has 0 amide bonds. The van der Waals surface area contributed by atoms with Crippen LogP contribution in [0.15, 0.2) is 23.8 Å². The topological polar surface area (TPSA) is 66.5 Å². The summed E-state index contributed by atoms with van der Waals surface area (Å²) in [5, 5.41) is 20.8. The first-order chi connectivity index (χ1) is 10.4. The molecule has 0 aliphatic heterocycles. The predicted molar refractivity (Wildman–Crippen MR) is 91.3 cm³/mol. The lowest BCUT2D eigenvalue weighted by Gasteiger charge is -2.41. The molecular formula is C19H33NO2. The lowest BCUT2D eigenvalue weighted by atomic mass is 9.65. The van der Waals surface area contributed by atoms with Crippen molar-refractivity contribution >= 4 is 0 Å². The van der Waals surface area contributed by atoms with Crippen molar-refractivity contribution in [3.8, 4) is 0 Å². The smallest absolute Gasteiger partial charge is 0.0617 e. The highest BCUT2D eigenvalue weighted by atomic mass is 16.3. The average molecular weight is 307 g/mol. The van der Waals surface area contributed by atoms with Crippen LogP contribution in [0, 0.1) is 23.7 Å². The van der Waals surface area contributed by atoms with Gasteiger partial charge < -0.3 is 15.9 Å². The van der Waals surface area contributed by atoms with Crippen molar-refractivity contribution in [3.05, 3.63) is 23.8 Å². The number of rotatable bonds is 6. The van der Waals surface area contributed by atoms with Gasteiger partial charge in [-0.15, -0.1) is 0 Å². The molecule has 7 atom stereocenters. The van der Waals surface area contributed by atoms with Crippen molar-refractivity contribution in [1.82, 2.24) is 0 Å². The van der Waals surface area contributed by atoms with Crippen molar-refractivity contribution in [2.45, 2.75) is 71.1 Å². The summed E-state index contributed by atoms with van der Waals surface area (Å²) in [6.45, 7) is 6.46. The Balaban J connectivity index is 2.00. The number of aliphatic hydroxyl groups is 2. The highest BCUT2D eigenvalue weighted by molar-refractivity contribution is 5.31. The van der Waals surface area contributed by atoms with Gasteiger partial charge in [-0.2, -0.15) is 0 Å². The van der Waals surface area contributed by atoms with Crippen LogP contribution in [0.1, 0.15) is 52.9 Å². The van der Waals surface area contributed by atoms with Gasteiger partial charge in [0.2, 0.25) is 0 Å². The molecule has 3 nitrogen and oxygen atoms in total. The van der Waals surface area contributed by atoms with Gasteiger partial charge in [0.15, 0.2) is 0 Å². The lowest BCUT2D eigenvalue weighted by molar-refractivity contribution is 0.0451. The van der Waals surface area contributed by atoms with Crippen LogP contribution < -0.4 is 5.73 Å². The Morgan fingerprint density at radius 2 is 2.09 bits per heavy atom. The Labute approximate surface area is 135 Å². The molecule has 2 rings (SSSR count). The van der Waals surface area contributed by atoms with Crippen LogP contribution in [0.3, 0.4) is 0 Å².